The predicted molar refractivity (Wildman–Crippen MR) is 93.3 cm³/mol. The van der Waals surface area contributed by atoms with Gasteiger partial charge >= 0.3 is 0 Å². The summed E-state index contributed by atoms with van der Waals surface area (Å²) < 4.78 is 27.2. The number of sulfonamides is 1. The van der Waals surface area contributed by atoms with Crippen molar-refractivity contribution in [3.8, 4) is 0 Å². The van der Waals surface area contributed by atoms with Crippen LogP contribution in [0.5, 0.6) is 0 Å². The molecule has 0 saturated heterocycles. The van der Waals surface area contributed by atoms with Crippen LogP contribution in [0.4, 0.5) is 5.69 Å². The highest BCUT2D eigenvalue weighted by molar-refractivity contribution is 7.92. The lowest BCUT2D eigenvalue weighted by Gasteiger charge is -2.24. The average molecular weight is 344 g/mol. The molecule has 24 heavy (non-hydrogen) atoms. The fraction of sp³-hybridized carbons (Fsp3) is 0.278. The second kappa shape index (κ2) is 6.65. The van der Waals surface area contributed by atoms with Gasteiger partial charge in [0.2, 0.25) is 5.91 Å². The molecule has 1 aliphatic rings. The van der Waals surface area contributed by atoms with E-state index in [-0.39, 0.29) is 23.4 Å². The van der Waals surface area contributed by atoms with Crippen molar-refractivity contribution in [2.75, 3.05) is 10.8 Å². The highest BCUT2D eigenvalue weighted by atomic mass is 32.2. The van der Waals surface area contributed by atoms with E-state index in [2.05, 4.69) is 5.32 Å². The van der Waals surface area contributed by atoms with Gasteiger partial charge in [-0.25, -0.2) is 8.42 Å². The summed E-state index contributed by atoms with van der Waals surface area (Å²) in [6.07, 6.45) is 1.92. The van der Waals surface area contributed by atoms with Gasteiger partial charge in [0.1, 0.15) is 6.54 Å². The molecule has 0 atom stereocenters. The first-order valence-corrected chi connectivity index (χ1v) is 9.34. The Hall–Kier alpha value is -2.34. The molecule has 0 bridgehead atoms. The minimum Gasteiger partial charge on any atom is -0.352 e. The summed E-state index contributed by atoms with van der Waals surface area (Å²) >= 11 is 0. The van der Waals surface area contributed by atoms with Crippen molar-refractivity contribution >= 4 is 21.6 Å². The summed E-state index contributed by atoms with van der Waals surface area (Å²) in [6, 6.07) is 15.5. The molecule has 0 heterocycles. The van der Waals surface area contributed by atoms with Gasteiger partial charge in [0.15, 0.2) is 0 Å². The molecular formula is C18H20N2O3S. The Kier molecular flexibility index (Phi) is 4.57. The Morgan fingerprint density at radius 3 is 2.29 bits per heavy atom. The average Bonchev–Trinajstić information content (AvgIpc) is 3.38. The lowest BCUT2D eigenvalue weighted by Crippen LogP contribution is -2.41. The van der Waals surface area contributed by atoms with E-state index in [0.29, 0.717) is 5.69 Å². The van der Waals surface area contributed by atoms with Gasteiger partial charge in [0.05, 0.1) is 10.6 Å². The molecule has 2 aromatic carbocycles. The molecule has 1 N–H and O–H groups in total. The number of carbonyl (C=O) groups excluding carboxylic acids is 1. The SMILES string of the molecule is Cc1ccc(N(CC(=O)NC2CC2)S(=O)(=O)c2ccccc2)cc1. The number of rotatable bonds is 6. The molecule has 126 valence electrons. The van der Waals surface area contributed by atoms with E-state index in [0.717, 1.165) is 18.4 Å². The van der Waals surface area contributed by atoms with Crippen LogP contribution in [0.2, 0.25) is 0 Å². The molecule has 0 aliphatic heterocycles. The molecular weight excluding hydrogens is 324 g/mol. The first kappa shape index (κ1) is 16.5. The Balaban J connectivity index is 1.94. The zero-order valence-electron chi connectivity index (χ0n) is 13.5. The second-order valence-electron chi connectivity index (χ2n) is 6.00. The molecule has 1 amide bonds. The summed E-state index contributed by atoms with van der Waals surface area (Å²) in [7, 11) is -3.80. The first-order valence-electron chi connectivity index (χ1n) is 7.90. The summed E-state index contributed by atoms with van der Waals surface area (Å²) in [5.74, 6) is -0.280. The number of nitrogens with zero attached hydrogens (tertiary/aromatic N) is 1. The summed E-state index contributed by atoms with van der Waals surface area (Å²) in [4.78, 5) is 12.4. The number of hydrogen-bond donors (Lipinski definition) is 1. The van der Waals surface area contributed by atoms with Crippen LogP contribution in [0.25, 0.3) is 0 Å². The van der Waals surface area contributed by atoms with E-state index in [1.807, 2.05) is 19.1 Å². The van der Waals surface area contributed by atoms with E-state index >= 15 is 0 Å². The number of benzene rings is 2. The van der Waals surface area contributed by atoms with Crippen molar-refractivity contribution in [2.24, 2.45) is 0 Å². The van der Waals surface area contributed by atoms with Crippen molar-refractivity contribution in [1.29, 1.82) is 0 Å². The second-order valence-corrected chi connectivity index (χ2v) is 7.86. The van der Waals surface area contributed by atoms with Gasteiger partial charge in [0, 0.05) is 6.04 Å². The van der Waals surface area contributed by atoms with Gasteiger partial charge in [-0.2, -0.15) is 0 Å². The molecule has 0 radical (unpaired) electrons. The zero-order chi connectivity index (χ0) is 17.2. The molecule has 6 heteroatoms. The minimum atomic E-state index is -3.80. The molecule has 0 aromatic heterocycles. The van der Waals surface area contributed by atoms with Crippen LogP contribution in [-0.2, 0) is 14.8 Å². The predicted octanol–water partition coefficient (Wildman–Crippen LogP) is 2.47. The van der Waals surface area contributed by atoms with Crippen molar-refractivity contribution in [1.82, 2.24) is 5.32 Å². The first-order chi connectivity index (χ1) is 11.5. The normalized spacial score (nSPS) is 14.2. The largest absolute Gasteiger partial charge is 0.352 e. The third-order valence-electron chi connectivity index (χ3n) is 3.88. The lowest BCUT2D eigenvalue weighted by atomic mass is 10.2. The van der Waals surface area contributed by atoms with Crippen LogP contribution in [-0.4, -0.2) is 26.9 Å². The molecule has 1 aliphatic carbocycles. The summed E-state index contributed by atoms with van der Waals surface area (Å²) in [5.41, 5.74) is 1.51. The van der Waals surface area contributed by atoms with Gasteiger partial charge in [-0.15, -0.1) is 0 Å². The van der Waals surface area contributed by atoms with Gasteiger partial charge in [-0.05, 0) is 44.0 Å². The van der Waals surface area contributed by atoms with Gasteiger partial charge in [-0.1, -0.05) is 35.9 Å². The molecule has 3 rings (SSSR count). The standard InChI is InChI=1S/C18H20N2O3S/c1-14-7-11-16(12-8-14)20(13-18(21)19-15-9-10-15)24(22,23)17-5-3-2-4-6-17/h2-8,11-12,15H,9-10,13H2,1H3,(H,19,21). The number of anilines is 1. The van der Waals surface area contributed by atoms with Crippen LogP contribution in [0, 0.1) is 6.92 Å². The number of hydrogen-bond acceptors (Lipinski definition) is 3. The number of amides is 1. The monoisotopic (exact) mass is 344 g/mol. The minimum absolute atomic E-state index is 0.171. The Labute approximate surface area is 142 Å². The van der Waals surface area contributed by atoms with Crippen LogP contribution in [0.1, 0.15) is 18.4 Å². The Morgan fingerprint density at radius 1 is 1.08 bits per heavy atom. The smallest absolute Gasteiger partial charge is 0.264 e. The van der Waals surface area contributed by atoms with Crippen LogP contribution in [0.3, 0.4) is 0 Å². The molecule has 5 nitrogen and oxygen atoms in total. The van der Waals surface area contributed by atoms with Gasteiger partial charge < -0.3 is 5.32 Å². The molecule has 0 unspecified atom stereocenters. The van der Waals surface area contributed by atoms with Crippen LogP contribution in [0.15, 0.2) is 59.5 Å². The fourth-order valence-corrected chi connectivity index (χ4v) is 3.82. The molecule has 2 aromatic rings. The van der Waals surface area contributed by atoms with Crippen molar-refractivity contribution < 1.29 is 13.2 Å². The summed E-state index contributed by atoms with van der Waals surface area (Å²) in [6.45, 7) is 1.70. The lowest BCUT2D eigenvalue weighted by molar-refractivity contribution is -0.119. The Bertz CT molecular complexity index is 813. The summed E-state index contributed by atoms with van der Waals surface area (Å²) in [5, 5.41) is 2.84. The number of carbonyl (C=O) groups is 1. The van der Waals surface area contributed by atoms with E-state index in [1.54, 1.807) is 30.3 Å². The van der Waals surface area contributed by atoms with Crippen molar-refractivity contribution in [3.63, 3.8) is 0 Å². The van der Waals surface area contributed by atoms with Gasteiger partial charge in [0.25, 0.3) is 10.0 Å². The van der Waals surface area contributed by atoms with Crippen LogP contribution >= 0.6 is 0 Å². The van der Waals surface area contributed by atoms with E-state index in [1.165, 1.54) is 16.4 Å². The maximum atomic E-state index is 13.0. The van der Waals surface area contributed by atoms with Crippen molar-refractivity contribution in [3.05, 3.63) is 60.2 Å². The third-order valence-corrected chi connectivity index (χ3v) is 5.67. The quantitative estimate of drug-likeness (QED) is 0.875. The zero-order valence-corrected chi connectivity index (χ0v) is 14.3. The van der Waals surface area contributed by atoms with Gasteiger partial charge in [-0.3, -0.25) is 9.10 Å². The molecule has 1 fully saturated rings. The third kappa shape index (κ3) is 3.76. The Morgan fingerprint density at radius 2 is 1.71 bits per heavy atom. The van der Waals surface area contributed by atoms with E-state index < -0.39 is 10.0 Å². The van der Waals surface area contributed by atoms with Crippen molar-refractivity contribution in [2.45, 2.75) is 30.7 Å². The highest BCUT2D eigenvalue weighted by Gasteiger charge is 2.29. The number of aryl methyl sites for hydroxylation is 1. The molecule has 0 spiro atoms. The topological polar surface area (TPSA) is 66.5 Å². The van der Waals surface area contributed by atoms with Crippen LogP contribution < -0.4 is 9.62 Å². The number of nitrogens with one attached hydrogen (secondary N) is 1. The molecule has 1 saturated carbocycles. The maximum absolute atomic E-state index is 13.0. The van der Waals surface area contributed by atoms with E-state index in [9.17, 15) is 13.2 Å². The highest BCUT2D eigenvalue weighted by Crippen LogP contribution is 2.24. The fourth-order valence-electron chi connectivity index (χ4n) is 2.38. The maximum Gasteiger partial charge on any atom is 0.264 e. The van der Waals surface area contributed by atoms with E-state index in [4.69, 9.17) is 0 Å².